The van der Waals surface area contributed by atoms with E-state index in [0.717, 1.165) is 60.8 Å². The molecule has 0 amide bonds. The lowest BCUT2D eigenvalue weighted by Gasteiger charge is -2.41. The maximum atomic E-state index is 12.6. The van der Waals surface area contributed by atoms with Gasteiger partial charge >= 0.3 is 11.9 Å². The molecule has 0 radical (unpaired) electrons. The minimum atomic E-state index is -1.81. The van der Waals surface area contributed by atoms with E-state index in [0.29, 0.717) is 0 Å². The average Bonchev–Trinajstić information content (AvgIpc) is 2.98. The van der Waals surface area contributed by atoms with Gasteiger partial charge in [-0.2, -0.15) is 0 Å². The van der Waals surface area contributed by atoms with Crippen molar-refractivity contribution in [2.24, 2.45) is 0 Å². The SMILES string of the molecule is O=C1C=CC(O)(C=CC(=O)OC[C@H]2O[C@@H](Oc3ccc(O)cc3)[C@H](OC(=O)C=CC3(O)C=CC(=O)C=C3)[C@@H](O)[C@@H]2O)C=C1. The van der Waals surface area contributed by atoms with E-state index < -0.39 is 60.5 Å². The van der Waals surface area contributed by atoms with Gasteiger partial charge in [0, 0.05) is 12.2 Å². The highest BCUT2D eigenvalue weighted by Gasteiger charge is 2.48. The van der Waals surface area contributed by atoms with Crippen LogP contribution in [0.4, 0.5) is 0 Å². The number of carbonyl (C=O) groups excluding carboxylic acids is 4. The number of ether oxygens (including phenoxy) is 4. The maximum absolute atomic E-state index is 12.6. The van der Waals surface area contributed by atoms with Crippen LogP contribution in [-0.4, -0.2) is 97.6 Å². The van der Waals surface area contributed by atoms with E-state index in [4.69, 9.17) is 18.9 Å². The van der Waals surface area contributed by atoms with Gasteiger partial charge in [0.2, 0.25) is 6.29 Å². The number of aliphatic hydroxyl groups is 4. The molecule has 13 heteroatoms. The first kappa shape index (κ1) is 31.3. The molecule has 5 N–H and O–H groups in total. The van der Waals surface area contributed by atoms with Gasteiger partial charge in [-0.05, 0) is 85.0 Å². The quantitative estimate of drug-likeness (QED) is 0.183. The van der Waals surface area contributed by atoms with Crippen LogP contribution in [0.5, 0.6) is 11.5 Å². The Morgan fingerprint density at radius 1 is 0.814 bits per heavy atom. The van der Waals surface area contributed by atoms with E-state index in [1.165, 1.54) is 36.4 Å². The van der Waals surface area contributed by atoms with Gasteiger partial charge in [-0.3, -0.25) is 9.59 Å². The van der Waals surface area contributed by atoms with Crippen molar-refractivity contribution in [1.82, 2.24) is 0 Å². The zero-order valence-electron chi connectivity index (χ0n) is 22.3. The van der Waals surface area contributed by atoms with Crippen LogP contribution in [0.3, 0.4) is 0 Å². The summed E-state index contributed by atoms with van der Waals surface area (Å²) in [5.74, 6) is -2.64. The first-order valence-corrected chi connectivity index (χ1v) is 12.9. The number of aromatic hydroxyl groups is 1. The van der Waals surface area contributed by atoms with Crippen molar-refractivity contribution in [3.05, 3.63) is 97.2 Å². The molecule has 1 fully saturated rings. The minimum absolute atomic E-state index is 0.0701. The number of ketones is 2. The largest absolute Gasteiger partial charge is 0.508 e. The molecule has 0 aromatic heterocycles. The predicted octanol–water partition coefficient (Wildman–Crippen LogP) is -0.363. The van der Waals surface area contributed by atoms with Crippen molar-refractivity contribution in [2.45, 2.75) is 41.9 Å². The summed E-state index contributed by atoms with van der Waals surface area (Å²) in [5.41, 5.74) is -3.43. The first-order chi connectivity index (χ1) is 20.3. The van der Waals surface area contributed by atoms with Gasteiger partial charge in [-0.15, -0.1) is 0 Å². The van der Waals surface area contributed by atoms with Crippen LogP contribution < -0.4 is 4.74 Å². The van der Waals surface area contributed by atoms with Gasteiger partial charge in [0.25, 0.3) is 0 Å². The van der Waals surface area contributed by atoms with Crippen LogP contribution in [0.15, 0.2) is 97.2 Å². The fourth-order valence-electron chi connectivity index (χ4n) is 4.02. The highest BCUT2D eigenvalue weighted by Crippen LogP contribution is 2.28. The van der Waals surface area contributed by atoms with Crippen molar-refractivity contribution >= 4 is 23.5 Å². The molecule has 226 valence electrons. The smallest absolute Gasteiger partial charge is 0.331 e. The number of hydrogen-bond acceptors (Lipinski definition) is 13. The minimum Gasteiger partial charge on any atom is -0.508 e. The second kappa shape index (κ2) is 13.1. The summed E-state index contributed by atoms with van der Waals surface area (Å²) < 4.78 is 21.8. The van der Waals surface area contributed by atoms with Gasteiger partial charge in [-0.1, -0.05) is 0 Å². The molecule has 1 saturated heterocycles. The summed E-state index contributed by atoms with van der Waals surface area (Å²) >= 11 is 0. The van der Waals surface area contributed by atoms with E-state index in [-0.39, 0.29) is 23.1 Å². The van der Waals surface area contributed by atoms with Gasteiger partial charge < -0.3 is 44.5 Å². The monoisotopic (exact) mass is 596 g/mol. The van der Waals surface area contributed by atoms with Gasteiger partial charge in [0.05, 0.1) is 0 Å². The third-order valence-electron chi connectivity index (χ3n) is 6.41. The third kappa shape index (κ3) is 8.44. The molecule has 1 aromatic rings. The molecule has 4 rings (SSSR count). The Morgan fingerprint density at radius 3 is 1.86 bits per heavy atom. The number of esters is 2. The highest BCUT2D eigenvalue weighted by molar-refractivity contribution is 6.01. The Morgan fingerprint density at radius 2 is 1.33 bits per heavy atom. The van der Waals surface area contributed by atoms with Crippen molar-refractivity contribution < 1.29 is 63.7 Å². The van der Waals surface area contributed by atoms with Crippen LogP contribution in [0, 0.1) is 0 Å². The molecule has 3 aliphatic rings. The predicted molar refractivity (Wildman–Crippen MR) is 145 cm³/mol. The number of phenolic OH excluding ortho intramolecular Hbond substituents is 1. The molecule has 0 bridgehead atoms. The van der Waals surface area contributed by atoms with Gasteiger partial charge in [-0.25, -0.2) is 9.59 Å². The Hall–Kier alpha value is -4.66. The number of aliphatic hydroxyl groups excluding tert-OH is 2. The Bertz CT molecular complexity index is 1380. The van der Waals surface area contributed by atoms with Crippen molar-refractivity contribution in [1.29, 1.82) is 0 Å². The fourth-order valence-corrected chi connectivity index (χ4v) is 4.02. The summed E-state index contributed by atoms with van der Waals surface area (Å²) in [4.78, 5) is 47.4. The lowest BCUT2D eigenvalue weighted by molar-refractivity contribution is -0.281. The van der Waals surface area contributed by atoms with E-state index >= 15 is 0 Å². The van der Waals surface area contributed by atoms with E-state index in [1.54, 1.807) is 0 Å². The zero-order valence-corrected chi connectivity index (χ0v) is 22.3. The third-order valence-corrected chi connectivity index (χ3v) is 6.41. The molecule has 0 spiro atoms. The molecule has 1 aromatic carbocycles. The highest BCUT2D eigenvalue weighted by atomic mass is 16.7. The lowest BCUT2D eigenvalue weighted by atomic mass is 9.97. The molecule has 5 atom stereocenters. The second-order valence-corrected chi connectivity index (χ2v) is 9.75. The summed E-state index contributed by atoms with van der Waals surface area (Å²) in [5, 5.41) is 51.8. The molecule has 13 nitrogen and oxygen atoms in total. The van der Waals surface area contributed by atoms with Crippen LogP contribution in [0.25, 0.3) is 0 Å². The molecule has 0 unspecified atom stereocenters. The number of rotatable bonds is 9. The van der Waals surface area contributed by atoms with E-state index in [9.17, 15) is 44.7 Å². The van der Waals surface area contributed by atoms with Crippen LogP contribution in [0.1, 0.15) is 0 Å². The zero-order chi connectivity index (χ0) is 31.2. The van der Waals surface area contributed by atoms with Crippen molar-refractivity contribution in [3.63, 3.8) is 0 Å². The van der Waals surface area contributed by atoms with Gasteiger partial charge in [0.15, 0.2) is 17.7 Å². The Labute approximate surface area is 244 Å². The number of allylic oxidation sites excluding steroid dienone is 4. The van der Waals surface area contributed by atoms with Crippen LogP contribution in [0.2, 0.25) is 0 Å². The van der Waals surface area contributed by atoms with E-state index in [2.05, 4.69) is 0 Å². The standard InChI is InChI=1S/C30H28O13/c31-18-1-3-21(4-2-18)41-28-27(43-24(35)10-16-30(39)13-7-20(33)8-14-30)26(37)25(36)22(42-28)17-40-23(34)9-15-29(38)11-5-19(32)6-12-29/h1-16,22,25-28,31,36-39H,17H2/t22-,25-,26+,27-,28-/m1/s1. The first-order valence-electron chi connectivity index (χ1n) is 12.9. The molecular formula is C30H28O13. The number of benzene rings is 1. The maximum Gasteiger partial charge on any atom is 0.331 e. The number of hydrogen-bond donors (Lipinski definition) is 5. The molecule has 1 heterocycles. The normalized spacial score (nSPS) is 27.5. The topological polar surface area (TPSA) is 206 Å². The molecule has 2 aliphatic carbocycles. The molecule has 43 heavy (non-hydrogen) atoms. The molecule has 1 aliphatic heterocycles. The number of phenols is 1. The van der Waals surface area contributed by atoms with Gasteiger partial charge in [0.1, 0.15) is 47.6 Å². The molecular weight excluding hydrogens is 568 g/mol. The van der Waals surface area contributed by atoms with Crippen LogP contribution >= 0.6 is 0 Å². The van der Waals surface area contributed by atoms with Crippen molar-refractivity contribution in [3.8, 4) is 11.5 Å². The number of carbonyl (C=O) groups is 4. The summed E-state index contributed by atoms with van der Waals surface area (Å²) in [6.07, 6.45) is 4.93. The fraction of sp³-hybridized carbons (Fsp3) is 0.267. The Balaban J connectivity index is 1.44. The average molecular weight is 597 g/mol. The Kier molecular flexibility index (Phi) is 9.53. The van der Waals surface area contributed by atoms with E-state index in [1.807, 2.05) is 0 Å². The summed E-state index contributed by atoms with van der Waals surface area (Å²) in [7, 11) is 0. The summed E-state index contributed by atoms with van der Waals surface area (Å²) in [6.45, 7) is -0.593. The summed E-state index contributed by atoms with van der Waals surface area (Å²) in [6, 6.07) is 5.32. The second-order valence-electron chi connectivity index (χ2n) is 9.75. The molecule has 0 saturated carbocycles. The van der Waals surface area contributed by atoms with Crippen LogP contribution in [-0.2, 0) is 33.4 Å². The lowest BCUT2D eigenvalue weighted by Crippen LogP contribution is -2.61. The van der Waals surface area contributed by atoms with Crippen molar-refractivity contribution in [2.75, 3.05) is 6.61 Å².